The van der Waals surface area contributed by atoms with Gasteiger partial charge in [-0.2, -0.15) is 0 Å². The molecule has 28 heavy (non-hydrogen) atoms. The first-order chi connectivity index (χ1) is 13.5. The van der Waals surface area contributed by atoms with Crippen LogP contribution in [0.1, 0.15) is 41.4 Å². The molecule has 0 saturated heterocycles. The highest BCUT2D eigenvalue weighted by atomic mass is 16.5. The van der Waals surface area contributed by atoms with Crippen LogP contribution in [-0.4, -0.2) is 24.6 Å². The standard InChI is InChI=1S/C23H26N2O3/c1-5-6-11-28-22-10-9-18(27-4)14-21(22)25-23(26)19-13-17-8-7-15(2)12-20(17)24-16(19)3/h7-10,12-14H,5-6,11H2,1-4H3,(H,25,26). The molecule has 1 aromatic heterocycles. The maximum absolute atomic E-state index is 13.0. The quantitative estimate of drug-likeness (QED) is 0.567. The second-order valence-corrected chi connectivity index (χ2v) is 6.84. The van der Waals surface area contributed by atoms with E-state index in [0.717, 1.165) is 29.3 Å². The van der Waals surface area contributed by atoms with Crippen LogP contribution in [0.3, 0.4) is 0 Å². The number of carbonyl (C=O) groups is 1. The molecule has 0 aliphatic carbocycles. The van der Waals surface area contributed by atoms with Gasteiger partial charge < -0.3 is 14.8 Å². The van der Waals surface area contributed by atoms with Crippen molar-refractivity contribution in [1.82, 2.24) is 4.98 Å². The molecule has 1 amide bonds. The molecule has 1 heterocycles. The van der Waals surface area contributed by atoms with Crippen molar-refractivity contribution in [3.8, 4) is 11.5 Å². The Kier molecular flexibility index (Phi) is 6.14. The summed E-state index contributed by atoms with van der Waals surface area (Å²) in [5.74, 6) is 1.06. The van der Waals surface area contributed by atoms with E-state index in [4.69, 9.17) is 9.47 Å². The summed E-state index contributed by atoms with van der Waals surface area (Å²) in [7, 11) is 1.60. The van der Waals surface area contributed by atoms with E-state index in [0.29, 0.717) is 35.1 Å². The van der Waals surface area contributed by atoms with Gasteiger partial charge in [-0.3, -0.25) is 9.78 Å². The van der Waals surface area contributed by atoms with E-state index < -0.39 is 0 Å². The van der Waals surface area contributed by atoms with E-state index in [1.165, 1.54) is 0 Å². The van der Waals surface area contributed by atoms with Crippen LogP contribution >= 0.6 is 0 Å². The van der Waals surface area contributed by atoms with E-state index in [1.54, 1.807) is 13.2 Å². The van der Waals surface area contributed by atoms with Crippen molar-refractivity contribution in [3.63, 3.8) is 0 Å². The lowest BCUT2D eigenvalue weighted by Crippen LogP contribution is -2.15. The van der Waals surface area contributed by atoms with Gasteiger partial charge in [-0.15, -0.1) is 0 Å². The van der Waals surface area contributed by atoms with Crippen molar-refractivity contribution in [2.24, 2.45) is 0 Å². The van der Waals surface area contributed by atoms with Crippen molar-refractivity contribution < 1.29 is 14.3 Å². The second-order valence-electron chi connectivity index (χ2n) is 6.84. The lowest BCUT2D eigenvalue weighted by Gasteiger charge is -2.15. The molecule has 0 bridgehead atoms. The number of nitrogens with zero attached hydrogens (tertiary/aromatic N) is 1. The normalized spacial score (nSPS) is 10.7. The van der Waals surface area contributed by atoms with Gasteiger partial charge in [0.15, 0.2) is 0 Å². The predicted octanol–water partition coefficient (Wildman–Crippen LogP) is 5.29. The minimum atomic E-state index is -0.221. The lowest BCUT2D eigenvalue weighted by atomic mass is 10.1. The number of aryl methyl sites for hydroxylation is 2. The number of fused-ring (bicyclic) bond motifs is 1. The molecule has 0 radical (unpaired) electrons. The summed E-state index contributed by atoms with van der Waals surface area (Å²) in [5, 5.41) is 3.90. The number of rotatable bonds is 7. The lowest BCUT2D eigenvalue weighted by molar-refractivity contribution is 0.102. The molecule has 3 rings (SSSR count). The number of hydrogen-bond acceptors (Lipinski definition) is 4. The highest BCUT2D eigenvalue weighted by Crippen LogP contribution is 2.30. The molecule has 0 aliphatic rings. The van der Waals surface area contributed by atoms with E-state index in [1.807, 2.05) is 50.2 Å². The molecule has 2 aromatic carbocycles. The van der Waals surface area contributed by atoms with Crippen LogP contribution in [0, 0.1) is 13.8 Å². The third-order valence-corrected chi connectivity index (χ3v) is 4.60. The Hall–Kier alpha value is -3.08. The van der Waals surface area contributed by atoms with Gasteiger partial charge in [0, 0.05) is 11.5 Å². The number of benzene rings is 2. The summed E-state index contributed by atoms with van der Waals surface area (Å²) < 4.78 is 11.1. The summed E-state index contributed by atoms with van der Waals surface area (Å²) in [5.41, 5.74) is 3.84. The number of pyridine rings is 1. The van der Waals surface area contributed by atoms with Gasteiger partial charge in [0.1, 0.15) is 11.5 Å². The number of methoxy groups -OCH3 is 1. The number of amides is 1. The van der Waals surface area contributed by atoms with Crippen molar-refractivity contribution in [2.45, 2.75) is 33.6 Å². The molecular formula is C23H26N2O3. The van der Waals surface area contributed by atoms with Crippen LogP contribution in [0.2, 0.25) is 0 Å². The highest BCUT2D eigenvalue weighted by molar-refractivity contribution is 6.07. The minimum Gasteiger partial charge on any atom is -0.497 e. The van der Waals surface area contributed by atoms with Gasteiger partial charge >= 0.3 is 0 Å². The largest absolute Gasteiger partial charge is 0.497 e. The first-order valence-corrected chi connectivity index (χ1v) is 9.52. The Morgan fingerprint density at radius 2 is 1.93 bits per heavy atom. The average Bonchev–Trinajstić information content (AvgIpc) is 2.68. The second kappa shape index (κ2) is 8.74. The molecular weight excluding hydrogens is 352 g/mol. The zero-order valence-electron chi connectivity index (χ0n) is 16.8. The van der Waals surface area contributed by atoms with Crippen molar-refractivity contribution in [1.29, 1.82) is 0 Å². The molecule has 5 nitrogen and oxygen atoms in total. The van der Waals surface area contributed by atoms with Crippen LogP contribution in [0.4, 0.5) is 5.69 Å². The Balaban J connectivity index is 1.90. The summed E-state index contributed by atoms with van der Waals surface area (Å²) in [4.78, 5) is 17.6. The Morgan fingerprint density at radius 1 is 1.11 bits per heavy atom. The van der Waals surface area contributed by atoms with E-state index in [9.17, 15) is 4.79 Å². The molecule has 0 spiro atoms. The molecule has 1 N–H and O–H groups in total. The molecule has 0 fully saturated rings. The number of anilines is 1. The van der Waals surface area contributed by atoms with E-state index in [2.05, 4.69) is 17.2 Å². The monoisotopic (exact) mass is 378 g/mol. The average molecular weight is 378 g/mol. The van der Waals surface area contributed by atoms with Crippen LogP contribution in [0.25, 0.3) is 10.9 Å². The van der Waals surface area contributed by atoms with E-state index >= 15 is 0 Å². The van der Waals surface area contributed by atoms with Crippen LogP contribution < -0.4 is 14.8 Å². The number of carbonyl (C=O) groups excluding carboxylic acids is 1. The topological polar surface area (TPSA) is 60.5 Å². The first-order valence-electron chi connectivity index (χ1n) is 9.52. The van der Waals surface area contributed by atoms with Gasteiger partial charge in [0.25, 0.3) is 5.91 Å². The maximum Gasteiger partial charge on any atom is 0.257 e. The van der Waals surface area contributed by atoms with Crippen LogP contribution in [-0.2, 0) is 0 Å². The van der Waals surface area contributed by atoms with E-state index in [-0.39, 0.29) is 5.91 Å². The zero-order chi connectivity index (χ0) is 20.1. The number of hydrogen-bond donors (Lipinski definition) is 1. The minimum absolute atomic E-state index is 0.221. The summed E-state index contributed by atoms with van der Waals surface area (Å²) in [6.07, 6.45) is 1.99. The Morgan fingerprint density at radius 3 is 2.68 bits per heavy atom. The zero-order valence-corrected chi connectivity index (χ0v) is 16.8. The maximum atomic E-state index is 13.0. The Labute approximate surface area is 165 Å². The first kappa shape index (κ1) is 19.7. The van der Waals surface area contributed by atoms with Gasteiger partial charge in [-0.1, -0.05) is 25.5 Å². The van der Waals surface area contributed by atoms with Gasteiger partial charge in [0.2, 0.25) is 0 Å². The van der Waals surface area contributed by atoms with Crippen LogP contribution in [0.15, 0.2) is 42.5 Å². The number of nitrogens with one attached hydrogen (secondary N) is 1. The van der Waals surface area contributed by atoms with Gasteiger partial charge in [0.05, 0.1) is 36.2 Å². The fourth-order valence-corrected chi connectivity index (χ4v) is 2.98. The highest BCUT2D eigenvalue weighted by Gasteiger charge is 2.15. The predicted molar refractivity (Wildman–Crippen MR) is 113 cm³/mol. The third kappa shape index (κ3) is 4.42. The molecule has 0 unspecified atom stereocenters. The Bertz CT molecular complexity index is 999. The van der Waals surface area contributed by atoms with Crippen LogP contribution in [0.5, 0.6) is 11.5 Å². The van der Waals surface area contributed by atoms with Gasteiger partial charge in [-0.25, -0.2) is 0 Å². The summed E-state index contributed by atoms with van der Waals surface area (Å²) in [6.45, 7) is 6.58. The molecule has 3 aromatic rings. The SMILES string of the molecule is CCCCOc1ccc(OC)cc1NC(=O)c1cc2ccc(C)cc2nc1C. The molecule has 0 saturated carbocycles. The van der Waals surface area contributed by atoms with Gasteiger partial charge in [-0.05, 0) is 50.1 Å². The van der Waals surface area contributed by atoms with Crippen molar-refractivity contribution in [2.75, 3.05) is 19.0 Å². The fourth-order valence-electron chi connectivity index (χ4n) is 2.98. The van der Waals surface area contributed by atoms with Crippen molar-refractivity contribution in [3.05, 3.63) is 59.3 Å². The summed E-state index contributed by atoms with van der Waals surface area (Å²) >= 11 is 0. The molecule has 0 aliphatic heterocycles. The number of aromatic nitrogens is 1. The number of ether oxygens (including phenoxy) is 2. The number of unbranched alkanes of at least 4 members (excludes halogenated alkanes) is 1. The molecule has 146 valence electrons. The smallest absolute Gasteiger partial charge is 0.257 e. The third-order valence-electron chi connectivity index (χ3n) is 4.60. The fraction of sp³-hybridized carbons (Fsp3) is 0.304. The molecule has 5 heteroatoms. The summed E-state index contributed by atoms with van der Waals surface area (Å²) in [6, 6.07) is 13.3. The molecule has 0 atom stereocenters. The van der Waals surface area contributed by atoms with Crippen molar-refractivity contribution >= 4 is 22.5 Å².